The van der Waals surface area contributed by atoms with Gasteiger partial charge in [-0.3, -0.25) is 4.72 Å². The van der Waals surface area contributed by atoms with E-state index in [-0.39, 0.29) is 9.88 Å². The first-order valence-electron chi connectivity index (χ1n) is 5.68. The third kappa shape index (κ3) is 3.82. The van der Waals surface area contributed by atoms with Crippen LogP contribution >= 0.6 is 44.1 Å². The van der Waals surface area contributed by atoms with Crippen molar-refractivity contribution < 1.29 is 8.42 Å². The minimum atomic E-state index is -3.74. The van der Waals surface area contributed by atoms with Gasteiger partial charge in [-0.1, -0.05) is 30.4 Å². The highest BCUT2D eigenvalue weighted by atomic mass is 79.9. The number of sulfonamides is 1. The Morgan fingerprint density at radius 2 is 1.67 bits per heavy atom. The van der Waals surface area contributed by atoms with Crippen molar-refractivity contribution in [3.8, 4) is 0 Å². The van der Waals surface area contributed by atoms with Crippen LogP contribution in [0.5, 0.6) is 0 Å². The van der Waals surface area contributed by atoms with Crippen molar-refractivity contribution in [1.29, 1.82) is 0 Å². The van der Waals surface area contributed by atoms with Gasteiger partial charge in [-0.2, -0.15) is 0 Å². The lowest BCUT2D eigenvalue weighted by Gasteiger charge is -2.12. The maximum absolute atomic E-state index is 12.4. The molecule has 0 heterocycles. The van der Waals surface area contributed by atoms with E-state index < -0.39 is 10.0 Å². The van der Waals surface area contributed by atoms with Crippen molar-refractivity contribution >= 4 is 64.8 Å². The van der Waals surface area contributed by atoms with Gasteiger partial charge in [0.15, 0.2) is 0 Å². The van der Waals surface area contributed by atoms with Crippen molar-refractivity contribution in [3.63, 3.8) is 0 Å². The van der Waals surface area contributed by atoms with Gasteiger partial charge >= 0.3 is 0 Å². The van der Waals surface area contributed by atoms with E-state index in [0.717, 1.165) is 0 Å². The molecule has 0 aromatic heterocycles. The Bertz CT molecular complexity index is 787. The van der Waals surface area contributed by atoms with E-state index in [2.05, 4.69) is 36.6 Å². The SMILES string of the molecule is NC(=S)c1cccc(S(=O)(=O)Nc2c(Br)cccc2Br)c1. The molecule has 0 unspecified atom stereocenters. The van der Waals surface area contributed by atoms with E-state index in [1.807, 2.05) is 0 Å². The van der Waals surface area contributed by atoms with Gasteiger partial charge in [0, 0.05) is 14.5 Å². The first-order valence-corrected chi connectivity index (χ1v) is 9.16. The fourth-order valence-electron chi connectivity index (χ4n) is 1.61. The number of hydrogen-bond donors (Lipinski definition) is 2. The molecule has 0 aliphatic rings. The van der Waals surface area contributed by atoms with Crippen LogP contribution in [0.2, 0.25) is 0 Å². The number of rotatable bonds is 4. The zero-order valence-corrected chi connectivity index (χ0v) is 15.3. The number of halogens is 2. The van der Waals surface area contributed by atoms with Crippen LogP contribution in [0.1, 0.15) is 5.56 Å². The molecule has 0 aliphatic carbocycles. The molecular weight excluding hydrogens is 440 g/mol. The van der Waals surface area contributed by atoms with Crippen LogP contribution < -0.4 is 10.5 Å². The summed E-state index contributed by atoms with van der Waals surface area (Å²) in [4.78, 5) is 0.240. The predicted molar refractivity (Wildman–Crippen MR) is 95.0 cm³/mol. The molecule has 0 amide bonds. The lowest BCUT2D eigenvalue weighted by Crippen LogP contribution is -2.15. The first kappa shape index (κ1) is 16.4. The van der Waals surface area contributed by atoms with Crippen LogP contribution in [-0.4, -0.2) is 13.4 Å². The number of para-hydroxylation sites is 1. The first-order chi connectivity index (χ1) is 9.81. The molecule has 0 spiro atoms. The van der Waals surface area contributed by atoms with E-state index in [9.17, 15) is 8.42 Å². The Morgan fingerprint density at radius 3 is 2.24 bits per heavy atom. The number of thiocarbonyl (C=S) groups is 1. The monoisotopic (exact) mass is 448 g/mol. The molecule has 8 heteroatoms. The Kier molecular flexibility index (Phi) is 5.03. The molecule has 3 N–H and O–H groups in total. The van der Waals surface area contributed by atoms with E-state index >= 15 is 0 Å². The molecule has 0 saturated heterocycles. The highest BCUT2D eigenvalue weighted by Crippen LogP contribution is 2.32. The van der Waals surface area contributed by atoms with Crippen LogP contribution in [0.25, 0.3) is 0 Å². The molecule has 2 rings (SSSR count). The van der Waals surface area contributed by atoms with Crippen molar-refractivity contribution in [3.05, 3.63) is 57.0 Å². The summed E-state index contributed by atoms with van der Waals surface area (Å²) in [6, 6.07) is 11.5. The maximum atomic E-state index is 12.4. The van der Waals surface area contributed by atoms with Gasteiger partial charge in [-0.25, -0.2) is 8.42 Å². The Labute approximate surface area is 145 Å². The third-order valence-corrected chi connectivity index (χ3v) is 5.53. The standard InChI is InChI=1S/C13H10Br2N2O2S2/c14-10-5-2-6-11(15)12(10)17-21(18,19)9-4-1-3-8(7-9)13(16)20/h1-7,17H,(H2,16,20). The van der Waals surface area contributed by atoms with E-state index in [0.29, 0.717) is 20.2 Å². The van der Waals surface area contributed by atoms with Crippen LogP contribution in [0.3, 0.4) is 0 Å². The number of hydrogen-bond acceptors (Lipinski definition) is 3. The Hall–Kier alpha value is -0.960. The lowest BCUT2D eigenvalue weighted by atomic mass is 10.2. The summed E-state index contributed by atoms with van der Waals surface area (Å²) in [5.41, 5.74) is 6.46. The second-order valence-electron chi connectivity index (χ2n) is 4.09. The maximum Gasteiger partial charge on any atom is 0.261 e. The summed E-state index contributed by atoms with van der Waals surface area (Å²) < 4.78 is 28.7. The van der Waals surface area contributed by atoms with E-state index in [1.165, 1.54) is 12.1 Å². The Morgan fingerprint density at radius 1 is 1.10 bits per heavy atom. The lowest BCUT2D eigenvalue weighted by molar-refractivity contribution is 0.601. The number of benzene rings is 2. The number of nitrogens with two attached hydrogens (primary N) is 1. The largest absolute Gasteiger partial charge is 0.389 e. The molecule has 4 nitrogen and oxygen atoms in total. The molecule has 0 aliphatic heterocycles. The smallest absolute Gasteiger partial charge is 0.261 e. The van der Waals surface area contributed by atoms with E-state index in [4.69, 9.17) is 18.0 Å². The summed E-state index contributed by atoms with van der Waals surface area (Å²) in [6.07, 6.45) is 0. The Balaban J connectivity index is 2.44. The van der Waals surface area contributed by atoms with Crippen LogP contribution in [-0.2, 0) is 10.0 Å². The molecule has 0 atom stereocenters. The summed E-state index contributed by atoms with van der Waals surface area (Å²) >= 11 is 11.5. The summed E-state index contributed by atoms with van der Waals surface area (Å²) in [7, 11) is -3.74. The van der Waals surface area contributed by atoms with Gasteiger partial charge < -0.3 is 5.73 Å². The van der Waals surface area contributed by atoms with Gasteiger partial charge in [-0.05, 0) is 56.1 Å². The average Bonchev–Trinajstić information content (AvgIpc) is 2.43. The molecule has 2 aromatic rings. The second kappa shape index (κ2) is 6.43. The topological polar surface area (TPSA) is 72.2 Å². The van der Waals surface area contributed by atoms with Crippen LogP contribution in [0, 0.1) is 0 Å². The second-order valence-corrected chi connectivity index (χ2v) is 7.93. The zero-order valence-electron chi connectivity index (χ0n) is 10.5. The van der Waals surface area contributed by atoms with Crippen molar-refractivity contribution in [2.24, 2.45) is 5.73 Å². The molecule has 0 radical (unpaired) electrons. The molecular formula is C13H10Br2N2O2S2. The molecule has 2 aromatic carbocycles. The van der Waals surface area contributed by atoms with Crippen molar-refractivity contribution in [1.82, 2.24) is 0 Å². The highest BCUT2D eigenvalue weighted by Gasteiger charge is 2.18. The van der Waals surface area contributed by atoms with Crippen LogP contribution in [0.15, 0.2) is 56.3 Å². The fourth-order valence-corrected chi connectivity index (χ4v) is 4.34. The highest BCUT2D eigenvalue weighted by molar-refractivity contribution is 9.11. The minimum absolute atomic E-state index is 0.0930. The van der Waals surface area contributed by atoms with Crippen molar-refractivity contribution in [2.45, 2.75) is 4.90 Å². The number of nitrogens with one attached hydrogen (secondary N) is 1. The molecule has 0 bridgehead atoms. The predicted octanol–water partition coefficient (Wildman–Crippen LogP) is 3.65. The quantitative estimate of drug-likeness (QED) is 0.698. The average molecular weight is 450 g/mol. The third-order valence-electron chi connectivity index (χ3n) is 2.63. The summed E-state index contributed by atoms with van der Waals surface area (Å²) in [6.45, 7) is 0. The molecule has 0 fully saturated rings. The van der Waals surface area contributed by atoms with E-state index in [1.54, 1.807) is 30.3 Å². The number of anilines is 1. The molecule has 0 saturated carbocycles. The summed E-state index contributed by atoms with van der Waals surface area (Å²) in [5.74, 6) is 0. The van der Waals surface area contributed by atoms with Gasteiger partial charge in [0.1, 0.15) is 4.99 Å². The zero-order chi connectivity index (χ0) is 15.6. The normalized spacial score (nSPS) is 11.1. The summed E-state index contributed by atoms with van der Waals surface area (Å²) in [5, 5.41) is 0. The van der Waals surface area contributed by atoms with Gasteiger partial charge in [0.2, 0.25) is 0 Å². The van der Waals surface area contributed by atoms with Gasteiger partial charge in [-0.15, -0.1) is 0 Å². The minimum Gasteiger partial charge on any atom is -0.389 e. The van der Waals surface area contributed by atoms with Gasteiger partial charge in [0.05, 0.1) is 10.6 Å². The van der Waals surface area contributed by atoms with Crippen molar-refractivity contribution in [2.75, 3.05) is 4.72 Å². The molecule has 21 heavy (non-hydrogen) atoms. The van der Waals surface area contributed by atoms with Crippen LogP contribution in [0.4, 0.5) is 5.69 Å². The molecule has 110 valence electrons. The fraction of sp³-hybridized carbons (Fsp3) is 0. The van der Waals surface area contributed by atoms with Gasteiger partial charge in [0.25, 0.3) is 10.0 Å².